The summed E-state index contributed by atoms with van der Waals surface area (Å²) in [5.74, 6) is -1.83. The summed E-state index contributed by atoms with van der Waals surface area (Å²) in [6.07, 6.45) is 1.46. The zero-order chi connectivity index (χ0) is 22.7. The quantitative estimate of drug-likeness (QED) is 0.352. The molecule has 0 saturated heterocycles. The monoisotopic (exact) mass is 494 g/mol. The number of ether oxygens (including phenoxy) is 1. The van der Waals surface area contributed by atoms with Crippen molar-refractivity contribution in [2.45, 2.75) is 13.2 Å². The summed E-state index contributed by atoms with van der Waals surface area (Å²) >= 11 is 13.5. The van der Waals surface area contributed by atoms with Crippen molar-refractivity contribution >= 4 is 46.4 Å². The van der Waals surface area contributed by atoms with Crippen LogP contribution in [0.25, 0.3) is 0 Å². The van der Waals surface area contributed by atoms with Crippen LogP contribution in [-0.4, -0.2) is 20.7 Å². The second-order valence-corrected chi connectivity index (χ2v) is 8.33. The van der Waals surface area contributed by atoms with Crippen molar-refractivity contribution in [3.63, 3.8) is 0 Å². The Bertz CT molecular complexity index is 1260. The number of carbonyl (C=O) groups excluding carboxylic acids is 1. The Morgan fingerprint density at radius 3 is 2.69 bits per heavy atom. The van der Waals surface area contributed by atoms with E-state index in [0.717, 1.165) is 12.1 Å². The molecule has 2 aromatic carbocycles. The molecule has 32 heavy (non-hydrogen) atoms. The van der Waals surface area contributed by atoms with Crippen LogP contribution in [0.4, 0.5) is 14.7 Å². The molecule has 0 aliphatic carbocycles. The number of halogens is 4. The standard InChI is InChI=1S/C21H14Cl2F2N4O2S/c22-15-2-1-3-16(23)14(15)8-29-11-26-21(28-29)27-20(30)19-6-12(10-32-19)9-31-18-5-4-13(24)7-17(18)25/h1-7,10-11H,8-9H2,(H,27,28,30). The van der Waals surface area contributed by atoms with Crippen LogP contribution in [0.2, 0.25) is 10.0 Å². The first kappa shape index (κ1) is 22.2. The van der Waals surface area contributed by atoms with Gasteiger partial charge in [-0.3, -0.25) is 10.1 Å². The fourth-order valence-electron chi connectivity index (χ4n) is 2.76. The third-order valence-electron chi connectivity index (χ3n) is 4.31. The molecule has 0 saturated carbocycles. The third kappa shape index (κ3) is 5.24. The molecular formula is C21H14Cl2F2N4O2S. The normalized spacial score (nSPS) is 10.9. The molecule has 0 radical (unpaired) electrons. The first-order chi connectivity index (χ1) is 15.4. The summed E-state index contributed by atoms with van der Waals surface area (Å²) < 4.78 is 33.5. The van der Waals surface area contributed by atoms with E-state index in [0.29, 0.717) is 32.6 Å². The number of nitrogens with zero attached hydrogens (tertiary/aromatic N) is 3. The van der Waals surface area contributed by atoms with E-state index in [1.165, 1.54) is 28.4 Å². The van der Waals surface area contributed by atoms with E-state index in [9.17, 15) is 13.6 Å². The maximum atomic E-state index is 13.7. The molecule has 0 fully saturated rings. The average molecular weight is 495 g/mol. The SMILES string of the molecule is O=C(Nc1ncn(Cc2c(Cl)cccc2Cl)n1)c1cc(COc2ccc(F)cc2F)cs1. The van der Waals surface area contributed by atoms with Crippen molar-refractivity contribution < 1.29 is 18.3 Å². The predicted molar refractivity (Wildman–Crippen MR) is 119 cm³/mol. The largest absolute Gasteiger partial charge is 0.486 e. The van der Waals surface area contributed by atoms with E-state index in [1.807, 2.05) is 0 Å². The molecule has 0 bridgehead atoms. The van der Waals surface area contributed by atoms with Gasteiger partial charge in [0, 0.05) is 27.2 Å². The summed E-state index contributed by atoms with van der Waals surface area (Å²) in [6.45, 7) is 0.319. The summed E-state index contributed by atoms with van der Waals surface area (Å²) in [5.41, 5.74) is 1.36. The van der Waals surface area contributed by atoms with E-state index in [4.69, 9.17) is 27.9 Å². The van der Waals surface area contributed by atoms with Crippen LogP contribution in [-0.2, 0) is 13.2 Å². The lowest BCUT2D eigenvalue weighted by atomic mass is 10.2. The zero-order valence-electron chi connectivity index (χ0n) is 16.2. The van der Waals surface area contributed by atoms with Crippen LogP contribution in [0.15, 0.2) is 54.2 Å². The van der Waals surface area contributed by atoms with Crippen LogP contribution in [0.3, 0.4) is 0 Å². The van der Waals surface area contributed by atoms with E-state index in [2.05, 4.69) is 15.4 Å². The van der Waals surface area contributed by atoms with Gasteiger partial charge < -0.3 is 4.74 Å². The predicted octanol–water partition coefficient (Wildman–Crippen LogP) is 5.80. The minimum Gasteiger partial charge on any atom is -0.486 e. The lowest BCUT2D eigenvalue weighted by Crippen LogP contribution is -2.12. The molecule has 11 heteroatoms. The minimum absolute atomic E-state index is 0.0256. The van der Waals surface area contributed by atoms with Crippen LogP contribution >= 0.6 is 34.5 Å². The Morgan fingerprint density at radius 2 is 1.94 bits per heavy atom. The molecule has 2 aromatic heterocycles. The lowest BCUT2D eigenvalue weighted by molar-refractivity contribution is 0.102. The van der Waals surface area contributed by atoms with Crippen LogP contribution < -0.4 is 10.1 Å². The van der Waals surface area contributed by atoms with Gasteiger partial charge in [-0.15, -0.1) is 16.4 Å². The van der Waals surface area contributed by atoms with E-state index >= 15 is 0 Å². The van der Waals surface area contributed by atoms with Gasteiger partial charge in [0.1, 0.15) is 18.8 Å². The molecule has 6 nitrogen and oxygen atoms in total. The Balaban J connectivity index is 1.36. The number of aromatic nitrogens is 3. The van der Waals surface area contributed by atoms with Crippen LogP contribution in [0, 0.1) is 11.6 Å². The molecular weight excluding hydrogens is 481 g/mol. The van der Waals surface area contributed by atoms with Crippen molar-refractivity contribution in [2.75, 3.05) is 5.32 Å². The van der Waals surface area contributed by atoms with Gasteiger partial charge in [-0.1, -0.05) is 29.3 Å². The summed E-state index contributed by atoms with van der Waals surface area (Å²) in [7, 11) is 0. The first-order valence-electron chi connectivity index (χ1n) is 9.18. The molecule has 4 rings (SSSR count). The maximum absolute atomic E-state index is 13.7. The molecule has 1 N–H and O–H groups in total. The van der Waals surface area contributed by atoms with Gasteiger partial charge in [-0.2, -0.15) is 0 Å². The average Bonchev–Trinajstić information content (AvgIpc) is 3.40. The summed E-state index contributed by atoms with van der Waals surface area (Å²) in [5, 5.41) is 9.56. The maximum Gasteiger partial charge on any atom is 0.268 e. The zero-order valence-corrected chi connectivity index (χ0v) is 18.5. The number of carbonyl (C=O) groups is 1. The Hall–Kier alpha value is -3.01. The first-order valence-corrected chi connectivity index (χ1v) is 10.8. The number of benzene rings is 2. The number of rotatable bonds is 7. The molecule has 0 atom stereocenters. The van der Waals surface area contributed by atoms with Crippen LogP contribution in [0.5, 0.6) is 5.75 Å². The highest BCUT2D eigenvalue weighted by Gasteiger charge is 2.14. The van der Waals surface area contributed by atoms with Crippen molar-refractivity contribution in [3.05, 3.63) is 91.9 Å². The number of nitrogens with one attached hydrogen (secondary N) is 1. The molecule has 0 aliphatic rings. The second-order valence-electron chi connectivity index (χ2n) is 6.60. The van der Waals surface area contributed by atoms with Crippen molar-refractivity contribution in [1.29, 1.82) is 0 Å². The van der Waals surface area contributed by atoms with Crippen molar-refractivity contribution in [3.8, 4) is 5.75 Å². The smallest absolute Gasteiger partial charge is 0.268 e. The number of hydrogen-bond donors (Lipinski definition) is 1. The van der Waals surface area contributed by atoms with Gasteiger partial charge in [-0.25, -0.2) is 18.4 Å². The molecule has 0 unspecified atom stereocenters. The van der Waals surface area contributed by atoms with Gasteiger partial charge >= 0.3 is 0 Å². The minimum atomic E-state index is -0.794. The van der Waals surface area contributed by atoms with E-state index < -0.39 is 17.5 Å². The molecule has 4 aromatic rings. The highest BCUT2D eigenvalue weighted by Crippen LogP contribution is 2.25. The summed E-state index contributed by atoms with van der Waals surface area (Å²) in [4.78, 5) is 17.0. The van der Waals surface area contributed by atoms with Crippen LogP contribution in [0.1, 0.15) is 20.8 Å². The Kier molecular flexibility index (Phi) is 6.69. The fourth-order valence-corrected chi connectivity index (χ4v) is 4.07. The van der Waals surface area contributed by atoms with Gasteiger partial charge in [0.15, 0.2) is 11.6 Å². The van der Waals surface area contributed by atoms with Gasteiger partial charge in [0.25, 0.3) is 5.91 Å². The molecule has 0 spiro atoms. The molecule has 0 aliphatic heterocycles. The highest BCUT2D eigenvalue weighted by molar-refractivity contribution is 7.12. The fraction of sp³-hybridized carbons (Fsp3) is 0.0952. The molecule has 164 valence electrons. The molecule has 1 amide bonds. The van der Waals surface area contributed by atoms with E-state index in [1.54, 1.807) is 29.6 Å². The van der Waals surface area contributed by atoms with E-state index in [-0.39, 0.29) is 18.3 Å². The second kappa shape index (κ2) is 9.64. The number of hydrogen-bond acceptors (Lipinski definition) is 5. The van der Waals surface area contributed by atoms with Gasteiger partial charge in [-0.05, 0) is 35.7 Å². The molecule has 2 heterocycles. The Labute approximate surface area is 195 Å². The number of thiophene rings is 1. The number of amides is 1. The van der Waals surface area contributed by atoms with Crippen molar-refractivity contribution in [1.82, 2.24) is 14.8 Å². The number of anilines is 1. The topological polar surface area (TPSA) is 69.0 Å². The lowest BCUT2D eigenvalue weighted by Gasteiger charge is -2.06. The van der Waals surface area contributed by atoms with Gasteiger partial charge in [0.2, 0.25) is 5.95 Å². The van der Waals surface area contributed by atoms with Gasteiger partial charge in [0.05, 0.1) is 11.4 Å². The Morgan fingerprint density at radius 1 is 1.16 bits per heavy atom. The third-order valence-corrected chi connectivity index (χ3v) is 6.00. The summed E-state index contributed by atoms with van der Waals surface area (Å²) in [6, 6.07) is 9.88. The highest BCUT2D eigenvalue weighted by atomic mass is 35.5. The van der Waals surface area contributed by atoms with Crippen molar-refractivity contribution in [2.24, 2.45) is 0 Å².